The zero-order chi connectivity index (χ0) is 13.1. The van der Waals surface area contributed by atoms with Crippen LogP contribution in [0.3, 0.4) is 0 Å². The summed E-state index contributed by atoms with van der Waals surface area (Å²) in [4.78, 5) is 13.1. The van der Waals surface area contributed by atoms with Crippen molar-refractivity contribution >= 4 is 33.0 Å². The first-order valence-corrected chi connectivity index (χ1v) is 7.30. The number of carbonyl (C=O) groups excluding carboxylic acids is 1. The van der Waals surface area contributed by atoms with E-state index in [-0.39, 0.29) is 11.9 Å². The summed E-state index contributed by atoms with van der Waals surface area (Å²) in [6.45, 7) is 3.89. The molecular weight excluding hydrogens is 312 g/mol. The Kier molecular flexibility index (Phi) is 4.19. The lowest BCUT2D eigenvalue weighted by atomic mass is 10.1. The fraction of sp³-hybridized carbons (Fsp3) is 0.214. The Labute approximate surface area is 119 Å². The van der Waals surface area contributed by atoms with E-state index in [0.717, 1.165) is 4.47 Å². The van der Waals surface area contributed by atoms with Gasteiger partial charge in [0.15, 0.2) is 0 Å². The summed E-state index contributed by atoms with van der Waals surface area (Å²) < 4.78 is 6.50. The van der Waals surface area contributed by atoms with E-state index in [1.54, 1.807) is 6.07 Å². The van der Waals surface area contributed by atoms with E-state index in [0.29, 0.717) is 16.2 Å². The monoisotopic (exact) mass is 324 g/mol. The van der Waals surface area contributed by atoms with Gasteiger partial charge in [-0.25, -0.2) is 0 Å². The van der Waals surface area contributed by atoms with Gasteiger partial charge in [0.1, 0.15) is 5.75 Å². The highest BCUT2D eigenvalue weighted by Crippen LogP contribution is 2.29. The molecule has 0 saturated carbocycles. The molecule has 2 nitrogen and oxygen atoms in total. The van der Waals surface area contributed by atoms with Gasteiger partial charge in [0.25, 0.3) is 0 Å². The van der Waals surface area contributed by atoms with Crippen molar-refractivity contribution in [2.24, 2.45) is 0 Å². The van der Waals surface area contributed by atoms with E-state index in [1.807, 2.05) is 43.5 Å². The Morgan fingerprint density at radius 2 is 2.00 bits per heavy atom. The minimum atomic E-state index is -0.00637. The molecule has 18 heavy (non-hydrogen) atoms. The van der Waals surface area contributed by atoms with Crippen LogP contribution >= 0.6 is 27.3 Å². The number of carbonyl (C=O) groups is 1. The Morgan fingerprint density at radius 1 is 1.28 bits per heavy atom. The SMILES string of the molecule is CC(C)Oc1ccccc1C(=O)c1sccc1Br. The van der Waals surface area contributed by atoms with Gasteiger partial charge >= 0.3 is 0 Å². The molecule has 4 heteroatoms. The van der Waals surface area contributed by atoms with E-state index in [4.69, 9.17) is 4.74 Å². The van der Waals surface area contributed by atoms with Crippen LogP contribution in [0.2, 0.25) is 0 Å². The molecule has 2 aromatic rings. The third kappa shape index (κ3) is 2.82. The molecule has 0 unspecified atom stereocenters. The molecule has 1 aromatic heterocycles. The highest BCUT2D eigenvalue weighted by Gasteiger charge is 2.18. The maximum Gasteiger partial charge on any atom is 0.207 e. The predicted molar refractivity (Wildman–Crippen MR) is 77.7 cm³/mol. The lowest BCUT2D eigenvalue weighted by Gasteiger charge is -2.13. The molecule has 1 heterocycles. The van der Waals surface area contributed by atoms with Crippen molar-refractivity contribution < 1.29 is 9.53 Å². The minimum Gasteiger partial charge on any atom is -0.490 e. The lowest BCUT2D eigenvalue weighted by molar-refractivity contribution is 0.103. The number of ketones is 1. The van der Waals surface area contributed by atoms with Gasteiger partial charge in [0, 0.05) is 4.47 Å². The van der Waals surface area contributed by atoms with Gasteiger partial charge < -0.3 is 4.74 Å². The average molecular weight is 325 g/mol. The third-order valence-corrected chi connectivity index (χ3v) is 4.15. The first-order valence-electron chi connectivity index (χ1n) is 5.63. The molecule has 0 saturated heterocycles. The van der Waals surface area contributed by atoms with E-state index in [1.165, 1.54) is 11.3 Å². The summed E-state index contributed by atoms with van der Waals surface area (Å²) in [7, 11) is 0. The number of rotatable bonds is 4. The highest BCUT2D eigenvalue weighted by molar-refractivity contribution is 9.10. The molecular formula is C14H13BrO2S. The quantitative estimate of drug-likeness (QED) is 0.772. The molecule has 0 aliphatic carbocycles. The smallest absolute Gasteiger partial charge is 0.207 e. The van der Waals surface area contributed by atoms with Gasteiger partial charge in [-0.05, 0) is 53.4 Å². The molecule has 0 amide bonds. The minimum absolute atomic E-state index is 0.00637. The number of hydrogen-bond acceptors (Lipinski definition) is 3. The van der Waals surface area contributed by atoms with Crippen molar-refractivity contribution in [3.63, 3.8) is 0 Å². The molecule has 0 N–H and O–H groups in total. The van der Waals surface area contributed by atoms with Crippen molar-refractivity contribution in [2.45, 2.75) is 20.0 Å². The van der Waals surface area contributed by atoms with Crippen molar-refractivity contribution in [3.8, 4) is 5.75 Å². The molecule has 1 aromatic carbocycles. The maximum absolute atomic E-state index is 12.4. The first kappa shape index (κ1) is 13.3. The zero-order valence-corrected chi connectivity index (χ0v) is 12.5. The van der Waals surface area contributed by atoms with Crippen LogP contribution in [0.15, 0.2) is 40.2 Å². The topological polar surface area (TPSA) is 26.3 Å². The van der Waals surface area contributed by atoms with Crippen LogP contribution < -0.4 is 4.74 Å². The Morgan fingerprint density at radius 3 is 2.61 bits per heavy atom. The summed E-state index contributed by atoms with van der Waals surface area (Å²) in [5.41, 5.74) is 0.606. The van der Waals surface area contributed by atoms with Gasteiger partial charge in [-0.1, -0.05) is 12.1 Å². The Hall–Kier alpha value is -1.13. The van der Waals surface area contributed by atoms with Crippen LogP contribution in [0.4, 0.5) is 0 Å². The molecule has 0 aliphatic heterocycles. The molecule has 2 rings (SSSR count). The van der Waals surface area contributed by atoms with Crippen LogP contribution in [0, 0.1) is 0 Å². The highest BCUT2D eigenvalue weighted by atomic mass is 79.9. The van der Waals surface area contributed by atoms with Gasteiger partial charge in [-0.15, -0.1) is 11.3 Å². The van der Waals surface area contributed by atoms with E-state index in [9.17, 15) is 4.79 Å². The van der Waals surface area contributed by atoms with Crippen molar-refractivity contribution in [2.75, 3.05) is 0 Å². The normalized spacial score (nSPS) is 10.7. The van der Waals surface area contributed by atoms with E-state index in [2.05, 4.69) is 15.9 Å². The van der Waals surface area contributed by atoms with Gasteiger partial charge in [-0.3, -0.25) is 4.79 Å². The Balaban J connectivity index is 2.39. The molecule has 0 bridgehead atoms. The number of thiophene rings is 1. The largest absolute Gasteiger partial charge is 0.490 e. The van der Waals surface area contributed by atoms with Crippen LogP contribution in [-0.2, 0) is 0 Å². The average Bonchev–Trinajstić information content (AvgIpc) is 2.74. The molecule has 0 fully saturated rings. The second-order valence-electron chi connectivity index (χ2n) is 4.09. The summed E-state index contributed by atoms with van der Waals surface area (Å²) >= 11 is 4.82. The number of hydrogen-bond donors (Lipinski definition) is 0. The van der Waals surface area contributed by atoms with E-state index >= 15 is 0 Å². The second kappa shape index (κ2) is 5.67. The fourth-order valence-electron chi connectivity index (χ4n) is 1.59. The van der Waals surface area contributed by atoms with Crippen LogP contribution in [0.25, 0.3) is 0 Å². The van der Waals surface area contributed by atoms with Gasteiger partial charge in [0.05, 0.1) is 16.5 Å². The summed E-state index contributed by atoms with van der Waals surface area (Å²) in [6.07, 6.45) is 0.0470. The van der Waals surface area contributed by atoms with Crippen molar-refractivity contribution in [1.82, 2.24) is 0 Å². The van der Waals surface area contributed by atoms with Crippen LogP contribution in [0.1, 0.15) is 29.1 Å². The lowest BCUT2D eigenvalue weighted by Crippen LogP contribution is -2.10. The van der Waals surface area contributed by atoms with Gasteiger partial charge in [0.2, 0.25) is 5.78 Å². The third-order valence-electron chi connectivity index (χ3n) is 2.32. The zero-order valence-electron chi connectivity index (χ0n) is 10.1. The Bertz CT molecular complexity index is 560. The standard InChI is InChI=1S/C14H13BrO2S/c1-9(2)17-12-6-4-3-5-10(12)13(16)14-11(15)7-8-18-14/h3-9H,1-2H3. The summed E-state index contributed by atoms with van der Waals surface area (Å²) in [5, 5.41) is 1.89. The molecule has 0 atom stereocenters. The van der Waals surface area contributed by atoms with Crippen molar-refractivity contribution in [1.29, 1.82) is 0 Å². The summed E-state index contributed by atoms with van der Waals surface area (Å²) in [5.74, 6) is 0.630. The number of ether oxygens (including phenoxy) is 1. The summed E-state index contributed by atoms with van der Waals surface area (Å²) in [6, 6.07) is 9.23. The predicted octanol–water partition coefficient (Wildman–Crippen LogP) is 4.53. The number of halogens is 1. The molecule has 0 radical (unpaired) electrons. The van der Waals surface area contributed by atoms with Gasteiger partial charge in [-0.2, -0.15) is 0 Å². The molecule has 0 spiro atoms. The molecule has 0 aliphatic rings. The van der Waals surface area contributed by atoms with E-state index < -0.39 is 0 Å². The van der Waals surface area contributed by atoms with Crippen molar-refractivity contribution in [3.05, 3.63) is 50.6 Å². The number of para-hydroxylation sites is 1. The maximum atomic E-state index is 12.4. The second-order valence-corrected chi connectivity index (χ2v) is 5.86. The van der Waals surface area contributed by atoms with Crippen LogP contribution in [-0.4, -0.2) is 11.9 Å². The fourth-order valence-corrected chi connectivity index (χ4v) is 3.09. The van der Waals surface area contributed by atoms with Crippen LogP contribution in [0.5, 0.6) is 5.75 Å². The number of benzene rings is 1. The molecule has 94 valence electrons. The first-order chi connectivity index (χ1) is 8.59.